The summed E-state index contributed by atoms with van der Waals surface area (Å²) in [5, 5.41) is 20.0. The number of aliphatic carboxylic acids is 2. The fourth-order valence-corrected chi connectivity index (χ4v) is 1.40. The zero-order valence-corrected chi connectivity index (χ0v) is 10.1. The van der Waals surface area contributed by atoms with Gasteiger partial charge < -0.3 is 20.3 Å². The van der Waals surface area contributed by atoms with Gasteiger partial charge in [-0.2, -0.15) is 0 Å². The van der Waals surface area contributed by atoms with Crippen molar-refractivity contribution in [2.24, 2.45) is 0 Å². The highest BCUT2D eigenvalue weighted by molar-refractivity contribution is 5.90. The Labute approximate surface area is 108 Å². The Morgan fingerprint density at radius 3 is 2.21 bits per heavy atom. The van der Waals surface area contributed by atoms with Crippen molar-refractivity contribution in [1.29, 1.82) is 0 Å². The van der Waals surface area contributed by atoms with Crippen LogP contribution in [0.3, 0.4) is 0 Å². The monoisotopic (exact) mass is 267 g/mol. The second-order valence-electron chi connectivity index (χ2n) is 3.70. The van der Waals surface area contributed by atoms with Gasteiger partial charge in [-0.15, -0.1) is 0 Å². The summed E-state index contributed by atoms with van der Waals surface area (Å²) in [4.78, 5) is 32.6. The number of nitrogens with one attached hydrogen (secondary N) is 1. The minimum absolute atomic E-state index is 0.318. The third-order valence-corrected chi connectivity index (χ3v) is 2.32. The number of methoxy groups -OCH3 is 1. The highest BCUT2D eigenvalue weighted by atomic mass is 16.5. The van der Waals surface area contributed by atoms with E-state index in [-0.39, 0.29) is 0 Å². The van der Waals surface area contributed by atoms with Crippen LogP contribution in [-0.2, 0) is 14.3 Å². The van der Waals surface area contributed by atoms with Gasteiger partial charge in [-0.25, -0.2) is 9.59 Å². The maximum Gasteiger partial charge on any atom is 0.337 e. The molecule has 0 amide bonds. The van der Waals surface area contributed by atoms with Gasteiger partial charge in [-0.05, 0) is 24.3 Å². The Morgan fingerprint density at radius 1 is 1.21 bits per heavy atom. The first kappa shape index (κ1) is 14.5. The second-order valence-corrected chi connectivity index (χ2v) is 3.70. The van der Waals surface area contributed by atoms with Crippen LogP contribution in [0.1, 0.15) is 16.8 Å². The van der Waals surface area contributed by atoms with Gasteiger partial charge in [0.2, 0.25) is 0 Å². The Balaban J connectivity index is 2.77. The van der Waals surface area contributed by atoms with Crippen molar-refractivity contribution in [2.45, 2.75) is 12.5 Å². The van der Waals surface area contributed by atoms with Gasteiger partial charge in [-0.3, -0.25) is 4.79 Å². The summed E-state index contributed by atoms with van der Waals surface area (Å²) in [5.41, 5.74) is 0.722. The topological polar surface area (TPSA) is 113 Å². The van der Waals surface area contributed by atoms with E-state index in [9.17, 15) is 14.4 Å². The Hall–Kier alpha value is -2.57. The third-order valence-electron chi connectivity index (χ3n) is 2.32. The first-order chi connectivity index (χ1) is 8.93. The number of esters is 1. The molecule has 0 saturated heterocycles. The predicted octanol–water partition coefficient (Wildman–Crippen LogP) is 0.813. The van der Waals surface area contributed by atoms with E-state index in [2.05, 4.69) is 10.1 Å². The largest absolute Gasteiger partial charge is 0.481 e. The van der Waals surface area contributed by atoms with Gasteiger partial charge >= 0.3 is 17.9 Å². The number of rotatable bonds is 6. The summed E-state index contributed by atoms with van der Waals surface area (Å²) in [6.07, 6.45) is -0.548. The molecular formula is C12H13NO6. The molecule has 0 heterocycles. The number of anilines is 1. The van der Waals surface area contributed by atoms with Gasteiger partial charge in [0.25, 0.3) is 0 Å². The minimum Gasteiger partial charge on any atom is -0.481 e. The van der Waals surface area contributed by atoms with Crippen LogP contribution in [0, 0.1) is 0 Å². The smallest absolute Gasteiger partial charge is 0.337 e. The zero-order chi connectivity index (χ0) is 14.4. The van der Waals surface area contributed by atoms with Crippen LogP contribution in [0.15, 0.2) is 24.3 Å². The van der Waals surface area contributed by atoms with E-state index in [1.54, 1.807) is 0 Å². The van der Waals surface area contributed by atoms with Crippen LogP contribution < -0.4 is 5.32 Å². The number of hydrogen-bond donors (Lipinski definition) is 3. The van der Waals surface area contributed by atoms with Crippen LogP contribution in [0.25, 0.3) is 0 Å². The molecule has 0 spiro atoms. The summed E-state index contributed by atoms with van der Waals surface area (Å²) >= 11 is 0. The van der Waals surface area contributed by atoms with Gasteiger partial charge in [0.05, 0.1) is 19.1 Å². The van der Waals surface area contributed by atoms with Crippen LogP contribution in [0.2, 0.25) is 0 Å². The molecule has 1 atom stereocenters. The van der Waals surface area contributed by atoms with Crippen LogP contribution in [0.5, 0.6) is 0 Å². The van der Waals surface area contributed by atoms with Gasteiger partial charge in [0, 0.05) is 5.69 Å². The molecule has 0 bridgehead atoms. The molecule has 0 aromatic heterocycles. The molecule has 0 aliphatic carbocycles. The maximum atomic E-state index is 11.2. The fraction of sp³-hybridized carbons (Fsp3) is 0.250. The third kappa shape index (κ3) is 4.30. The van der Waals surface area contributed by atoms with E-state index in [4.69, 9.17) is 10.2 Å². The first-order valence-corrected chi connectivity index (χ1v) is 5.33. The first-order valence-electron chi connectivity index (χ1n) is 5.33. The SMILES string of the molecule is COC(=O)c1ccc(NC(CC(=O)O)C(=O)O)cc1. The molecule has 0 fully saturated rings. The number of carboxylic acid groups (broad SMARTS) is 2. The van der Waals surface area contributed by atoms with Crippen LogP contribution in [-0.4, -0.2) is 41.3 Å². The second kappa shape index (κ2) is 6.39. The average Bonchev–Trinajstić information content (AvgIpc) is 2.37. The highest BCUT2D eigenvalue weighted by Crippen LogP contribution is 2.13. The zero-order valence-electron chi connectivity index (χ0n) is 10.1. The molecule has 0 radical (unpaired) electrons. The molecule has 0 aliphatic rings. The van der Waals surface area contributed by atoms with Crippen molar-refractivity contribution in [2.75, 3.05) is 12.4 Å². The molecule has 102 valence electrons. The number of carbonyl (C=O) groups excluding carboxylic acids is 1. The van der Waals surface area contributed by atoms with Crippen LogP contribution in [0.4, 0.5) is 5.69 Å². The summed E-state index contributed by atoms with van der Waals surface area (Å²) in [6, 6.07) is 4.62. The van der Waals surface area contributed by atoms with E-state index >= 15 is 0 Å². The number of carbonyl (C=O) groups is 3. The van der Waals surface area contributed by atoms with Gasteiger partial charge in [0.15, 0.2) is 0 Å². The lowest BCUT2D eigenvalue weighted by molar-refractivity contribution is -0.144. The number of benzene rings is 1. The average molecular weight is 267 g/mol. The Kier molecular flexibility index (Phi) is 4.87. The molecule has 0 saturated carbocycles. The molecule has 3 N–H and O–H groups in total. The van der Waals surface area contributed by atoms with Crippen molar-refractivity contribution in [3.05, 3.63) is 29.8 Å². The molecule has 7 heteroatoms. The highest BCUT2D eigenvalue weighted by Gasteiger charge is 2.20. The summed E-state index contributed by atoms with van der Waals surface area (Å²) in [7, 11) is 1.25. The summed E-state index contributed by atoms with van der Waals surface area (Å²) in [5.74, 6) is -2.99. The number of carboxylic acids is 2. The maximum absolute atomic E-state index is 11.2. The van der Waals surface area contributed by atoms with E-state index in [1.165, 1.54) is 31.4 Å². The van der Waals surface area contributed by atoms with Crippen molar-refractivity contribution in [3.63, 3.8) is 0 Å². The molecule has 1 unspecified atom stereocenters. The number of hydrogen-bond acceptors (Lipinski definition) is 5. The van der Waals surface area contributed by atoms with E-state index in [0.717, 1.165) is 0 Å². The van der Waals surface area contributed by atoms with Gasteiger partial charge in [-0.1, -0.05) is 0 Å². The molecule has 1 aromatic carbocycles. The fourth-order valence-electron chi connectivity index (χ4n) is 1.40. The predicted molar refractivity (Wildman–Crippen MR) is 65.1 cm³/mol. The van der Waals surface area contributed by atoms with Crippen molar-refractivity contribution < 1.29 is 29.3 Å². The van der Waals surface area contributed by atoms with Gasteiger partial charge in [0.1, 0.15) is 6.04 Å². The lowest BCUT2D eigenvalue weighted by atomic mass is 10.1. The van der Waals surface area contributed by atoms with Crippen molar-refractivity contribution >= 4 is 23.6 Å². The lowest BCUT2D eigenvalue weighted by Gasteiger charge is -2.13. The summed E-state index contributed by atoms with van der Waals surface area (Å²) < 4.78 is 4.52. The molecule has 19 heavy (non-hydrogen) atoms. The quantitative estimate of drug-likeness (QED) is 0.653. The molecular weight excluding hydrogens is 254 g/mol. The molecule has 7 nitrogen and oxygen atoms in total. The minimum atomic E-state index is -1.26. The Morgan fingerprint density at radius 2 is 1.79 bits per heavy atom. The molecule has 1 aromatic rings. The molecule has 1 rings (SSSR count). The summed E-state index contributed by atoms with van der Waals surface area (Å²) in [6.45, 7) is 0. The molecule has 0 aliphatic heterocycles. The standard InChI is InChI=1S/C12H13NO6/c1-19-12(18)7-2-4-8(5-3-7)13-9(11(16)17)6-10(14)15/h2-5,9,13H,6H2,1H3,(H,14,15)(H,16,17). The normalized spacial score (nSPS) is 11.4. The van der Waals surface area contributed by atoms with Crippen molar-refractivity contribution in [1.82, 2.24) is 0 Å². The van der Waals surface area contributed by atoms with Crippen molar-refractivity contribution in [3.8, 4) is 0 Å². The van der Waals surface area contributed by atoms with E-state index in [0.29, 0.717) is 11.3 Å². The number of ether oxygens (including phenoxy) is 1. The lowest BCUT2D eigenvalue weighted by Crippen LogP contribution is -2.31. The Bertz CT molecular complexity index is 481. The van der Waals surface area contributed by atoms with E-state index in [1.807, 2.05) is 0 Å². The van der Waals surface area contributed by atoms with Crippen LogP contribution >= 0.6 is 0 Å². The van der Waals surface area contributed by atoms with E-state index < -0.39 is 30.4 Å².